The smallest absolute Gasteiger partial charge is 0.186 e. The lowest BCUT2D eigenvalue weighted by molar-refractivity contribution is -0.108. The van der Waals surface area contributed by atoms with Gasteiger partial charge in [0.05, 0.1) is 17.1 Å². The van der Waals surface area contributed by atoms with Crippen molar-refractivity contribution in [2.75, 3.05) is 16.0 Å². The van der Waals surface area contributed by atoms with E-state index in [1.807, 2.05) is 25.1 Å². The van der Waals surface area contributed by atoms with Gasteiger partial charge in [0, 0.05) is 0 Å². The predicted octanol–water partition coefficient (Wildman–Crippen LogP) is 1.74. The van der Waals surface area contributed by atoms with E-state index in [4.69, 9.17) is 5.73 Å². The minimum absolute atomic E-state index is 0.356. The zero-order valence-electron chi connectivity index (χ0n) is 10.7. The second kappa shape index (κ2) is 4.68. The van der Waals surface area contributed by atoms with Gasteiger partial charge in [-0.1, -0.05) is 12.1 Å². The number of fused-ring (bicyclic) bond motifs is 1. The van der Waals surface area contributed by atoms with Crippen LogP contribution < -0.4 is 16.0 Å². The van der Waals surface area contributed by atoms with Gasteiger partial charge < -0.3 is 11.1 Å². The highest BCUT2D eigenvalue weighted by Crippen LogP contribution is 2.41. The van der Waals surface area contributed by atoms with Crippen molar-refractivity contribution in [1.82, 2.24) is 9.97 Å². The van der Waals surface area contributed by atoms with Crippen molar-refractivity contribution in [3.8, 4) is 0 Å². The van der Waals surface area contributed by atoms with Crippen LogP contribution >= 0.6 is 12.6 Å². The van der Waals surface area contributed by atoms with Gasteiger partial charge >= 0.3 is 0 Å². The molecule has 0 radical (unpaired) electrons. The maximum Gasteiger partial charge on any atom is 0.186 e. The third kappa shape index (κ3) is 1.87. The van der Waals surface area contributed by atoms with Gasteiger partial charge in [0.15, 0.2) is 23.4 Å². The molecule has 3 N–H and O–H groups in total. The van der Waals surface area contributed by atoms with Gasteiger partial charge in [0.25, 0.3) is 0 Å². The average Bonchev–Trinajstić information content (AvgIpc) is 2.78. The quantitative estimate of drug-likeness (QED) is 0.338. The highest BCUT2D eigenvalue weighted by atomic mass is 32.1. The van der Waals surface area contributed by atoms with E-state index in [1.54, 1.807) is 11.0 Å². The number of hydrogen-bond donors (Lipinski definition) is 3. The van der Waals surface area contributed by atoms with E-state index in [0.29, 0.717) is 16.7 Å². The fraction of sp³-hybridized carbons (Fsp3) is 0.154. The maximum absolute atomic E-state index is 11.4. The summed E-state index contributed by atoms with van der Waals surface area (Å²) in [5.41, 5.74) is 8.77. The Labute approximate surface area is 121 Å². The first-order chi connectivity index (χ1) is 9.61. The number of thiol groups is 1. The Morgan fingerprint density at radius 3 is 2.85 bits per heavy atom. The molecule has 20 heavy (non-hydrogen) atoms. The number of anilines is 4. The molecular formula is C13H13N5OS. The molecule has 1 aromatic heterocycles. The highest BCUT2D eigenvalue weighted by Gasteiger charge is 2.33. The molecule has 0 amide bonds. The topological polar surface area (TPSA) is 84.1 Å². The first-order valence-corrected chi connectivity index (χ1v) is 6.49. The minimum atomic E-state index is -0.558. The lowest BCUT2D eigenvalue weighted by Gasteiger charge is -2.23. The standard InChI is InChI=1S/C13H13N5OS/c1-7-11-12(17-13(20)15-7)18(10(6-19)16-11)9-5-3-2-4-8(9)14/h2-6,10,16H,14H2,1H3,(H,15,17,20). The van der Waals surface area contributed by atoms with Crippen molar-refractivity contribution in [2.45, 2.75) is 18.2 Å². The summed E-state index contributed by atoms with van der Waals surface area (Å²) in [5, 5.41) is 3.45. The van der Waals surface area contributed by atoms with Crippen LogP contribution in [0.5, 0.6) is 0 Å². The Balaban J connectivity index is 2.21. The number of benzene rings is 1. The Morgan fingerprint density at radius 1 is 1.40 bits per heavy atom. The van der Waals surface area contributed by atoms with Gasteiger partial charge in [-0.15, -0.1) is 12.6 Å². The molecule has 3 rings (SSSR count). The maximum atomic E-state index is 11.4. The number of para-hydroxylation sites is 2. The summed E-state index contributed by atoms with van der Waals surface area (Å²) in [7, 11) is 0. The van der Waals surface area contributed by atoms with Crippen LogP contribution in [-0.2, 0) is 4.79 Å². The molecule has 0 saturated heterocycles. The van der Waals surface area contributed by atoms with Crippen LogP contribution in [-0.4, -0.2) is 22.4 Å². The van der Waals surface area contributed by atoms with E-state index < -0.39 is 6.17 Å². The normalized spacial score (nSPS) is 16.7. The molecule has 7 heteroatoms. The van der Waals surface area contributed by atoms with Crippen LogP contribution in [0.25, 0.3) is 0 Å². The molecule has 0 aliphatic carbocycles. The molecule has 2 heterocycles. The van der Waals surface area contributed by atoms with Gasteiger partial charge in [-0.2, -0.15) is 0 Å². The largest absolute Gasteiger partial charge is 0.397 e. The third-order valence-electron chi connectivity index (χ3n) is 3.18. The van der Waals surface area contributed by atoms with E-state index in [2.05, 4.69) is 27.9 Å². The van der Waals surface area contributed by atoms with Crippen molar-refractivity contribution >= 4 is 41.8 Å². The molecule has 1 unspecified atom stereocenters. The molecule has 1 atom stereocenters. The summed E-state index contributed by atoms with van der Waals surface area (Å²) in [5.74, 6) is 0.609. The first kappa shape index (κ1) is 12.7. The minimum Gasteiger partial charge on any atom is -0.397 e. The zero-order chi connectivity index (χ0) is 14.3. The van der Waals surface area contributed by atoms with Gasteiger partial charge in [0.1, 0.15) is 5.69 Å². The Hall–Kier alpha value is -2.28. The molecule has 6 nitrogen and oxygen atoms in total. The summed E-state index contributed by atoms with van der Waals surface area (Å²) < 4.78 is 0. The summed E-state index contributed by atoms with van der Waals surface area (Å²) in [4.78, 5) is 21.6. The molecule has 0 saturated carbocycles. The SMILES string of the molecule is Cc1nc(S)nc2c1NC(C=O)N2c1ccccc1N. The lowest BCUT2D eigenvalue weighted by atomic mass is 10.2. The molecule has 0 fully saturated rings. The van der Waals surface area contributed by atoms with Crippen LogP contribution in [0.15, 0.2) is 29.4 Å². The lowest BCUT2D eigenvalue weighted by Crippen LogP contribution is -2.33. The van der Waals surface area contributed by atoms with Crippen LogP contribution in [0, 0.1) is 6.92 Å². The summed E-state index contributed by atoms with van der Waals surface area (Å²) >= 11 is 4.19. The van der Waals surface area contributed by atoms with Crippen LogP contribution in [0.4, 0.5) is 22.9 Å². The number of aryl methyl sites for hydroxylation is 1. The van der Waals surface area contributed by atoms with E-state index >= 15 is 0 Å². The van der Waals surface area contributed by atoms with Crippen molar-refractivity contribution in [3.63, 3.8) is 0 Å². The number of nitrogens with one attached hydrogen (secondary N) is 1. The van der Waals surface area contributed by atoms with Crippen LogP contribution in [0.2, 0.25) is 0 Å². The molecule has 2 aromatic rings. The number of hydrogen-bond acceptors (Lipinski definition) is 7. The molecule has 0 spiro atoms. The van der Waals surface area contributed by atoms with Crippen molar-refractivity contribution in [2.24, 2.45) is 0 Å². The molecule has 0 bridgehead atoms. The average molecular weight is 287 g/mol. The van der Waals surface area contributed by atoms with E-state index in [0.717, 1.165) is 23.4 Å². The predicted molar refractivity (Wildman–Crippen MR) is 80.5 cm³/mol. The number of nitrogens with two attached hydrogens (primary N) is 1. The van der Waals surface area contributed by atoms with Gasteiger partial charge in [-0.3, -0.25) is 9.69 Å². The Morgan fingerprint density at radius 2 is 2.15 bits per heavy atom. The monoisotopic (exact) mass is 287 g/mol. The number of rotatable bonds is 2. The Bertz CT molecular complexity index is 690. The molecule has 1 aliphatic rings. The third-order valence-corrected chi connectivity index (χ3v) is 3.38. The van der Waals surface area contributed by atoms with Gasteiger partial charge in [-0.05, 0) is 19.1 Å². The summed E-state index contributed by atoms with van der Waals surface area (Å²) in [6.45, 7) is 1.84. The van der Waals surface area contributed by atoms with Crippen molar-refractivity contribution < 1.29 is 4.79 Å². The van der Waals surface area contributed by atoms with E-state index in [-0.39, 0.29) is 0 Å². The summed E-state index contributed by atoms with van der Waals surface area (Å²) in [6, 6.07) is 7.33. The number of aromatic nitrogens is 2. The van der Waals surface area contributed by atoms with Gasteiger partial charge in [0.2, 0.25) is 0 Å². The number of nitrogen functional groups attached to an aromatic ring is 1. The molecule has 102 valence electrons. The number of aldehydes is 1. The fourth-order valence-corrected chi connectivity index (χ4v) is 2.54. The Kier molecular flexibility index (Phi) is 2.98. The van der Waals surface area contributed by atoms with Gasteiger partial charge in [-0.25, -0.2) is 9.97 Å². The zero-order valence-corrected chi connectivity index (χ0v) is 11.6. The number of carbonyl (C=O) groups excluding carboxylic acids is 1. The van der Waals surface area contributed by atoms with Crippen molar-refractivity contribution in [1.29, 1.82) is 0 Å². The molecular weight excluding hydrogens is 274 g/mol. The number of carbonyl (C=O) groups is 1. The fourth-order valence-electron chi connectivity index (χ4n) is 2.30. The van der Waals surface area contributed by atoms with E-state index in [9.17, 15) is 4.79 Å². The van der Waals surface area contributed by atoms with Crippen LogP contribution in [0.1, 0.15) is 5.69 Å². The second-order valence-corrected chi connectivity index (χ2v) is 4.86. The summed E-state index contributed by atoms with van der Waals surface area (Å²) in [6.07, 6.45) is 0.254. The molecule has 1 aliphatic heterocycles. The second-order valence-electron chi connectivity index (χ2n) is 4.46. The number of nitrogens with zero attached hydrogens (tertiary/aromatic N) is 3. The van der Waals surface area contributed by atoms with E-state index in [1.165, 1.54) is 0 Å². The van der Waals surface area contributed by atoms with Crippen LogP contribution in [0.3, 0.4) is 0 Å². The van der Waals surface area contributed by atoms with Crippen molar-refractivity contribution in [3.05, 3.63) is 30.0 Å². The molecule has 1 aromatic carbocycles. The first-order valence-electron chi connectivity index (χ1n) is 6.05. The highest BCUT2D eigenvalue weighted by molar-refractivity contribution is 7.80.